The number of benzene rings is 1. The third-order valence-corrected chi connectivity index (χ3v) is 3.55. The smallest absolute Gasteiger partial charge is 0.0724 e. The Bertz CT molecular complexity index is 544. The lowest BCUT2D eigenvalue weighted by Crippen LogP contribution is -2.19. The first-order valence-electron chi connectivity index (χ1n) is 7.64. The van der Waals surface area contributed by atoms with E-state index in [1.54, 1.807) is 0 Å². The monoisotopic (exact) mass is 283 g/mol. The summed E-state index contributed by atoms with van der Waals surface area (Å²) in [5.74, 6) is 0.700. The zero-order chi connectivity index (χ0) is 15.2. The van der Waals surface area contributed by atoms with Gasteiger partial charge >= 0.3 is 0 Å². The normalized spacial score (nSPS) is 12.6. The van der Waals surface area contributed by atoms with Crippen LogP contribution in [0, 0.1) is 12.8 Å². The molecule has 0 radical (unpaired) electrons. The van der Waals surface area contributed by atoms with Crippen LogP contribution in [-0.2, 0) is 13.0 Å². The highest BCUT2D eigenvalue weighted by Crippen LogP contribution is 2.15. The van der Waals surface area contributed by atoms with E-state index in [1.165, 1.54) is 11.1 Å². The fourth-order valence-electron chi connectivity index (χ4n) is 2.30. The standard InChI is InChI=1S/C18H25N3/c1-13(2)9-16-5-7-17(8-6-16)15(4)20-12-18-11-19-14(3)10-21-18/h5-8,10-11,13,15,20H,9,12H2,1-4H3. The molecule has 0 aliphatic heterocycles. The van der Waals surface area contributed by atoms with Crippen molar-refractivity contribution < 1.29 is 0 Å². The molecule has 0 saturated carbocycles. The van der Waals surface area contributed by atoms with E-state index in [4.69, 9.17) is 0 Å². The van der Waals surface area contributed by atoms with Crippen LogP contribution in [0.3, 0.4) is 0 Å². The summed E-state index contributed by atoms with van der Waals surface area (Å²) in [6.07, 6.45) is 4.78. The van der Waals surface area contributed by atoms with Crippen molar-refractivity contribution in [2.45, 2.75) is 46.7 Å². The SMILES string of the molecule is Cc1cnc(CNC(C)c2ccc(CC(C)C)cc2)cn1. The first kappa shape index (κ1) is 15.6. The second-order valence-electron chi connectivity index (χ2n) is 6.09. The van der Waals surface area contributed by atoms with Gasteiger partial charge in [0.15, 0.2) is 0 Å². The van der Waals surface area contributed by atoms with Gasteiger partial charge in [-0.2, -0.15) is 0 Å². The Morgan fingerprint density at radius 2 is 1.71 bits per heavy atom. The van der Waals surface area contributed by atoms with Gasteiger partial charge in [-0.25, -0.2) is 0 Å². The van der Waals surface area contributed by atoms with Crippen molar-refractivity contribution in [2.75, 3.05) is 0 Å². The van der Waals surface area contributed by atoms with E-state index in [0.29, 0.717) is 12.0 Å². The molecule has 1 aromatic carbocycles. The molecule has 0 saturated heterocycles. The van der Waals surface area contributed by atoms with Gasteiger partial charge in [0.05, 0.1) is 11.4 Å². The molecule has 1 atom stereocenters. The average Bonchev–Trinajstić information content (AvgIpc) is 2.46. The van der Waals surface area contributed by atoms with Crippen LogP contribution in [0.4, 0.5) is 0 Å². The molecule has 3 nitrogen and oxygen atoms in total. The van der Waals surface area contributed by atoms with Gasteiger partial charge < -0.3 is 5.32 Å². The molecule has 1 aromatic heterocycles. The minimum Gasteiger partial charge on any atom is -0.305 e. The molecule has 0 spiro atoms. The molecule has 0 bridgehead atoms. The Kier molecular flexibility index (Phi) is 5.45. The van der Waals surface area contributed by atoms with Crippen molar-refractivity contribution in [3.8, 4) is 0 Å². The summed E-state index contributed by atoms with van der Waals surface area (Å²) >= 11 is 0. The van der Waals surface area contributed by atoms with Crippen LogP contribution in [0.5, 0.6) is 0 Å². The van der Waals surface area contributed by atoms with Crippen LogP contribution in [0.25, 0.3) is 0 Å². The van der Waals surface area contributed by atoms with Crippen molar-refractivity contribution in [2.24, 2.45) is 5.92 Å². The Balaban J connectivity index is 1.90. The fraction of sp³-hybridized carbons (Fsp3) is 0.444. The summed E-state index contributed by atoms with van der Waals surface area (Å²) in [5.41, 5.74) is 4.64. The first-order valence-corrected chi connectivity index (χ1v) is 7.64. The maximum absolute atomic E-state index is 4.37. The van der Waals surface area contributed by atoms with Crippen molar-refractivity contribution in [1.29, 1.82) is 0 Å². The molecule has 21 heavy (non-hydrogen) atoms. The Morgan fingerprint density at radius 3 is 2.29 bits per heavy atom. The number of nitrogens with one attached hydrogen (secondary N) is 1. The minimum atomic E-state index is 0.307. The first-order chi connectivity index (χ1) is 10.0. The maximum Gasteiger partial charge on any atom is 0.0724 e. The Labute approximate surface area is 127 Å². The van der Waals surface area contributed by atoms with Crippen molar-refractivity contribution >= 4 is 0 Å². The largest absolute Gasteiger partial charge is 0.305 e. The van der Waals surface area contributed by atoms with Crippen LogP contribution in [0.15, 0.2) is 36.7 Å². The van der Waals surface area contributed by atoms with Crippen LogP contribution in [0.2, 0.25) is 0 Å². The van der Waals surface area contributed by atoms with Crippen molar-refractivity contribution in [3.63, 3.8) is 0 Å². The van der Waals surface area contributed by atoms with Gasteiger partial charge in [0, 0.05) is 25.0 Å². The summed E-state index contributed by atoms with van der Waals surface area (Å²) in [6.45, 7) is 9.37. The molecular formula is C18H25N3. The molecule has 112 valence electrons. The molecule has 2 aromatic rings. The zero-order valence-electron chi connectivity index (χ0n) is 13.4. The predicted molar refractivity (Wildman–Crippen MR) is 87.0 cm³/mol. The summed E-state index contributed by atoms with van der Waals surface area (Å²) in [5, 5.41) is 3.49. The van der Waals surface area contributed by atoms with Crippen LogP contribution >= 0.6 is 0 Å². The number of nitrogens with zero attached hydrogens (tertiary/aromatic N) is 2. The molecule has 3 heteroatoms. The van der Waals surface area contributed by atoms with Crippen LogP contribution < -0.4 is 5.32 Å². The second kappa shape index (κ2) is 7.32. The van der Waals surface area contributed by atoms with E-state index in [-0.39, 0.29) is 0 Å². The maximum atomic E-state index is 4.37. The van der Waals surface area contributed by atoms with Crippen LogP contribution in [-0.4, -0.2) is 9.97 Å². The fourth-order valence-corrected chi connectivity index (χ4v) is 2.30. The van der Waals surface area contributed by atoms with Crippen molar-refractivity contribution in [1.82, 2.24) is 15.3 Å². The molecule has 1 unspecified atom stereocenters. The van der Waals surface area contributed by atoms with Crippen molar-refractivity contribution in [3.05, 3.63) is 59.2 Å². The van der Waals surface area contributed by atoms with Gasteiger partial charge in [-0.1, -0.05) is 38.1 Å². The molecule has 1 N–H and O–H groups in total. The minimum absolute atomic E-state index is 0.307. The molecule has 2 rings (SSSR count). The lowest BCUT2D eigenvalue weighted by atomic mass is 10.00. The highest BCUT2D eigenvalue weighted by atomic mass is 14.9. The van der Waals surface area contributed by atoms with E-state index in [0.717, 1.165) is 24.4 Å². The number of hydrogen-bond acceptors (Lipinski definition) is 3. The van der Waals surface area contributed by atoms with Gasteiger partial charge in [-0.15, -0.1) is 0 Å². The van der Waals surface area contributed by atoms with E-state index < -0.39 is 0 Å². The summed E-state index contributed by atoms with van der Waals surface area (Å²) in [7, 11) is 0. The predicted octanol–water partition coefficient (Wildman–Crippen LogP) is 3.83. The van der Waals surface area contributed by atoms with Gasteiger partial charge in [-0.05, 0) is 37.3 Å². The Morgan fingerprint density at radius 1 is 1.00 bits per heavy atom. The van der Waals surface area contributed by atoms with E-state index in [9.17, 15) is 0 Å². The lowest BCUT2D eigenvalue weighted by molar-refractivity contribution is 0.565. The van der Waals surface area contributed by atoms with E-state index >= 15 is 0 Å². The third kappa shape index (κ3) is 4.94. The lowest BCUT2D eigenvalue weighted by Gasteiger charge is -2.15. The summed E-state index contributed by atoms with van der Waals surface area (Å²) in [6, 6.07) is 9.21. The number of hydrogen-bond donors (Lipinski definition) is 1. The highest BCUT2D eigenvalue weighted by Gasteiger charge is 2.06. The van der Waals surface area contributed by atoms with E-state index in [2.05, 4.69) is 60.3 Å². The van der Waals surface area contributed by atoms with Gasteiger partial charge in [0.2, 0.25) is 0 Å². The van der Waals surface area contributed by atoms with Gasteiger partial charge in [0.1, 0.15) is 0 Å². The second-order valence-corrected chi connectivity index (χ2v) is 6.09. The van der Waals surface area contributed by atoms with Gasteiger partial charge in [-0.3, -0.25) is 9.97 Å². The molecule has 0 fully saturated rings. The molecule has 1 heterocycles. The topological polar surface area (TPSA) is 37.8 Å². The number of rotatable bonds is 6. The van der Waals surface area contributed by atoms with Gasteiger partial charge in [0.25, 0.3) is 0 Å². The average molecular weight is 283 g/mol. The third-order valence-electron chi connectivity index (χ3n) is 3.55. The summed E-state index contributed by atoms with van der Waals surface area (Å²) in [4.78, 5) is 8.63. The molecule has 0 amide bonds. The van der Waals surface area contributed by atoms with Crippen LogP contribution in [0.1, 0.15) is 49.3 Å². The molecule has 0 aliphatic rings. The molecule has 0 aliphatic carbocycles. The zero-order valence-corrected chi connectivity index (χ0v) is 13.4. The molecular weight excluding hydrogens is 258 g/mol. The number of aryl methyl sites for hydroxylation is 1. The van der Waals surface area contributed by atoms with E-state index in [1.807, 2.05) is 19.3 Å². The Hall–Kier alpha value is -1.74. The highest BCUT2D eigenvalue weighted by molar-refractivity contribution is 5.25. The quantitative estimate of drug-likeness (QED) is 0.875. The summed E-state index contributed by atoms with van der Waals surface area (Å²) < 4.78 is 0. The number of aromatic nitrogens is 2.